The summed E-state index contributed by atoms with van der Waals surface area (Å²) in [4.78, 5) is 10.9. The molecule has 0 aromatic heterocycles. The van der Waals surface area contributed by atoms with E-state index in [0.29, 0.717) is 24.7 Å². The lowest BCUT2D eigenvalue weighted by Gasteiger charge is -2.29. The molecular weight excluding hydrogens is 392 g/mol. The van der Waals surface area contributed by atoms with Crippen molar-refractivity contribution in [1.82, 2.24) is 4.31 Å². The van der Waals surface area contributed by atoms with Gasteiger partial charge in [0.05, 0.1) is 22.3 Å². The molecule has 1 aliphatic rings. The van der Waals surface area contributed by atoms with Crippen molar-refractivity contribution in [2.45, 2.75) is 31.1 Å². The summed E-state index contributed by atoms with van der Waals surface area (Å²) in [6.45, 7) is 2.93. The van der Waals surface area contributed by atoms with Crippen LogP contribution in [0.5, 0.6) is 0 Å². The number of nitrogens with zero attached hydrogens (tertiary/aromatic N) is 3. The third-order valence-electron chi connectivity index (χ3n) is 5.06. The average Bonchev–Trinajstić information content (AvgIpc) is 2.70. The maximum Gasteiger partial charge on any atom is 0.294 e. The van der Waals surface area contributed by atoms with Gasteiger partial charge in [-0.25, -0.2) is 8.42 Å². The zero-order chi connectivity index (χ0) is 21.0. The van der Waals surface area contributed by atoms with E-state index >= 15 is 0 Å². The third-order valence-corrected chi connectivity index (χ3v) is 6.96. The van der Waals surface area contributed by atoms with Crippen molar-refractivity contribution in [2.24, 2.45) is 5.92 Å². The Morgan fingerprint density at radius 2 is 1.86 bits per heavy atom. The molecule has 1 heterocycles. The first-order valence-electron chi connectivity index (χ1n) is 9.33. The highest BCUT2D eigenvalue weighted by Crippen LogP contribution is 2.32. The van der Waals surface area contributed by atoms with Crippen LogP contribution in [0.1, 0.15) is 25.3 Å². The number of piperidine rings is 1. The molecule has 0 spiro atoms. The van der Waals surface area contributed by atoms with Gasteiger partial charge < -0.3 is 5.32 Å². The SMILES string of the molecule is CC1CCN(S(=O)(=O)c2ccc(Nc3ccc(CC#N)cc3)c([N+](=O)[O-])c2)CC1. The number of anilines is 2. The summed E-state index contributed by atoms with van der Waals surface area (Å²) in [6.07, 6.45) is 1.84. The van der Waals surface area contributed by atoms with Crippen molar-refractivity contribution < 1.29 is 13.3 Å². The van der Waals surface area contributed by atoms with E-state index in [1.54, 1.807) is 24.3 Å². The van der Waals surface area contributed by atoms with E-state index < -0.39 is 14.9 Å². The summed E-state index contributed by atoms with van der Waals surface area (Å²) in [5.41, 5.74) is 1.34. The van der Waals surface area contributed by atoms with Crippen molar-refractivity contribution in [3.63, 3.8) is 0 Å². The Kier molecular flexibility index (Phi) is 6.15. The number of nitrogens with one attached hydrogen (secondary N) is 1. The molecule has 0 radical (unpaired) electrons. The first kappa shape index (κ1) is 20.8. The lowest BCUT2D eigenvalue weighted by Crippen LogP contribution is -2.37. The van der Waals surface area contributed by atoms with Crippen molar-refractivity contribution in [3.05, 3.63) is 58.1 Å². The predicted molar refractivity (Wildman–Crippen MR) is 109 cm³/mol. The standard InChI is InChI=1S/C20H22N4O4S/c1-15-9-12-23(13-10-15)29(27,28)18-6-7-19(20(14-18)24(25)26)22-17-4-2-16(3-5-17)8-11-21/h2-7,14-15,22H,8-10,12-13H2,1H3. The molecule has 2 aromatic carbocycles. The number of nitro groups is 1. The molecule has 152 valence electrons. The van der Waals surface area contributed by atoms with Gasteiger partial charge in [-0.3, -0.25) is 10.1 Å². The van der Waals surface area contributed by atoms with E-state index in [2.05, 4.69) is 18.3 Å². The van der Waals surface area contributed by atoms with Crippen LogP contribution in [0.25, 0.3) is 0 Å². The molecule has 8 nitrogen and oxygen atoms in total. The third kappa shape index (κ3) is 4.72. The Morgan fingerprint density at radius 3 is 2.45 bits per heavy atom. The largest absolute Gasteiger partial charge is 0.350 e. The molecule has 0 amide bonds. The van der Waals surface area contributed by atoms with E-state index in [0.717, 1.165) is 24.5 Å². The maximum atomic E-state index is 12.9. The number of nitro benzene ring substituents is 1. The lowest BCUT2D eigenvalue weighted by molar-refractivity contribution is -0.384. The van der Waals surface area contributed by atoms with Crippen LogP contribution >= 0.6 is 0 Å². The number of hydrogen-bond donors (Lipinski definition) is 1. The summed E-state index contributed by atoms with van der Waals surface area (Å²) in [7, 11) is -3.77. The molecule has 1 aliphatic heterocycles. The van der Waals surface area contributed by atoms with Crippen LogP contribution in [0.4, 0.5) is 17.1 Å². The van der Waals surface area contributed by atoms with Gasteiger partial charge in [-0.2, -0.15) is 9.57 Å². The zero-order valence-corrected chi connectivity index (χ0v) is 16.9. The molecule has 0 saturated carbocycles. The van der Waals surface area contributed by atoms with Gasteiger partial charge in [0.2, 0.25) is 10.0 Å². The highest BCUT2D eigenvalue weighted by molar-refractivity contribution is 7.89. The molecule has 0 bridgehead atoms. The van der Waals surface area contributed by atoms with Crippen LogP contribution in [-0.2, 0) is 16.4 Å². The van der Waals surface area contributed by atoms with E-state index in [4.69, 9.17) is 5.26 Å². The molecule has 1 saturated heterocycles. The molecule has 0 aliphatic carbocycles. The average molecular weight is 414 g/mol. The summed E-state index contributed by atoms with van der Waals surface area (Å²) in [5, 5.41) is 23.3. The molecule has 1 fully saturated rings. The fraction of sp³-hybridized carbons (Fsp3) is 0.350. The van der Waals surface area contributed by atoms with Crippen LogP contribution in [0, 0.1) is 27.4 Å². The second-order valence-corrected chi connectivity index (χ2v) is 9.12. The number of rotatable bonds is 6. The van der Waals surface area contributed by atoms with Gasteiger partial charge in [-0.05, 0) is 48.6 Å². The molecular formula is C20H22N4O4S. The first-order valence-corrected chi connectivity index (χ1v) is 10.8. The minimum atomic E-state index is -3.77. The van der Waals surface area contributed by atoms with Gasteiger partial charge in [0, 0.05) is 24.8 Å². The van der Waals surface area contributed by atoms with Crippen molar-refractivity contribution in [2.75, 3.05) is 18.4 Å². The molecule has 29 heavy (non-hydrogen) atoms. The Balaban J connectivity index is 1.87. The predicted octanol–water partition coefficient (Wildman–Crippen LogP) is 3.83. The number of hydrogen-bond acceptors (Lipinski definition) is 6. The van der Waals surface area contributed by atoms with Gasteiger partial charge in [0.15, 0.2) is 0 Å². The minimum Gasteiger partial charge on any atom is -0.350 e. The monoisotopic (exact) mass is 414 g/mol. The van der Waals surface area contributed by atoms with Gasteiger partial charge in [0.25, 0.3) is 5.69 Å². The molecule has 3 rings (SSSR count). The van der Waals surface area contributed by atoms with Gasteiger partial charge >= 0.3 is 0 Å². The molecule has 9 heteroatoms. The van der Waals surface area contributed by atoms with Crippen LogP contribution in [0.15, 0.2) is 47.4 Å². The van der Waals surface area contributed by atoms with E-state index in [-0.39, 0.29) is 22.7 Å². The van der Waals surface area contributed by atoms with Gasteiger partial charge in [-0.15, -0.1) is 0 Å². The van der Waals surface area contributed by atoms with E-state index in [1.807, 2.05) is 0 Å². The number of sulfonamides is 1. The van der Waals surface area contributed by atoms with Crippen molar-refractivity contribution >= 4 is 27.1 Å². The normalized spacial score (nSPS) is 15.6. The smallest absolute Gasteiger partial charge is 0.294 e. The Labute approximate surface area is 170 Å². The van der Waals surface area contributed by atoms with Crippen molar-refractivity contribution in [1.29, 1.82) is 5.26 Å². The number of nitriles is 1. The summed E-state index contributed by atoms with van der Waals surface area (Å²) >= 11 is 0. The highest BCUT2D eigenvalue weighted by atomic mass is 32.2. The van der Waals surface area contributed by atoms with Gasteiger partial charge in [-0.1, -0.05) is 19.1 Å². The molecule has 2 aromatic rings. The molecule has 0 unspecified atom stereocenters. The molecule has 1 N–H and O–H groups in total. The van der Waals surface area contributed by atoms with Gasteiger partial charge in [0.1, 0.15) is 5.69 Å². The fourth-order valence-corrected chi connectivity index (χ4v) is 4.75. The first-order chi connectivity index (χ1) is 13.8. The van der Waals surface area contributed by atoms with Crippen LogP contribution in [-0.4, -0.2) is 30.7 Å². The summed E-state index contributed by atoms with van der Waals surface area (Å²) in [5.74, 6) is 0.474. The number of benzene rings is 2. The quantitative estimate of drug-likeness (QED) is 0.567. The van der Waals surface area contributed by atoms with Crippen molar-refractivity contribution in [3.8, 4) is 6.07 Å². The minimum absolute atomic E-state index is 0.0753. The van der Waals surface area contributed by atoms with E-state index in [1.165, 1.54) is 16.4 Å². The second kappa shape index (κ2) is 8.59. The van der Waals surface area contributed by atoms with Crippen LogP contribution in [0.2, 0.25) is 0 Å². The van der Waals surface area contributed by atoms with E-state index in [9.17, 15) is 18.5 Å². The lowest BCUT2D eigenvalue weighted by atomic mass is 10.0. The van der Waals surface area contributed by atoms with Crippen LogP contribution in [0.3, 0.4) is 0 Å². The van der Waals surface area contributed by atoms with Crippen LogP contribution < -0.4 is 5.32 Å². The Morgan fingerprint density at radius 1 is 1.21 bits per heavy atom. The Bertz CT molecular complexity index is 1040. The molecule has 0 atom stereocenters. The maximum absolute atomic E-state index is 12.9. The highest BCUT2D eigenvalue weighted by Gasteiger charge is 2.30. The Hall–Kier alpha value is -2.96. The second-order valence-electron chi connectivity index (χ2n) is 7.18. The summed E-state index contributed by atoms with van der Waals surface area (Å²) in [6, 6.07) is 12.9. The zero-order valence-electron chi connectivity index (χ0n) is 16.0. The summed E-state index contributed by atoms with van der Waals surface area (Å²) < 4.78 is 27.2. The fourth-order valence-electron chi connectivity index (χ4n) is 3.26. The topological polar surface area (TPSA) is 116 Å².